The zero-order chi connectivity index (χ0) is 14.0. The molecule has 1 amide bonds. The van der Waals surface area contributed by atoms with Crippen molar-refractivity contribution in [3.05, 3.63) is 0 Å². The second kappa shape index (κ2) is 5.90. The molecule has 1 N–H and O–H groups in total. The maximum atomic E-state index is 12.5. The first kappa shape index (κ1) is 14.3. The zero-order valence-corrected chi connectivity index (χ0v) is 11.8. The fraction of sp³-hybridized carbons (Fsp3) is 0.857. The lowest BCUT2D eigenvalue weighted by Crippen LogP contribution is -2.50. The van der Waals surface area contributed by atoms with E-state index in [1.807, 2.05) is 19.0 Å². The van der Waals surface area contributed by atoms with Crippen LogP contribution in [0.2, 0.25) is 0 Å². The van der Waals surface area contributed by atoms with E-state index in [-0.39, 0.29) is 11.8 Å². The molecule has 0 aromatic heterocycles. The molecule has 108 valence electrons. The smallest absolute Gasteiger partial charge is 0.307 e. The Kier molecular flexibility index (Phi) is 4.45. The number of rotatable bonds is 3. The number of aliphatic carboxylic acids is 1. The van der Waals surface area contributed by atoms with Crippen LogP contribution in [0.5, 0.6) is 0 Å². The third-order valence-electron chi connectivity index (χ3n) is 4.59. The molecule has 0 bridgehead atoms. The normalized spacial score (nSPS) is 31.7. The van der Waals surface area contributed by atoms with Crippen molar-refractivity contribution in [2.75, 3.05) is 27.2 Å². The molecule has 2 fully saturated rings. The zero-order valence-electron chi connectivity index (χ0n) is 11.8. The highest BCUT2D eigenvalue weighted by Crippen LogP contribution is 2.34. The quantitative estimate of drug-likeness (QED) is 0.831. The molecule has 0 spiro atoms. The largest absolute Gasteiger partial charge is 0.481 e. The van der Waals surface area contributed by atoms with Gasteiger partial charge in [0, 0.05) is 19.1 Å². The SMILES string of the molecule is CN(C)C1CCCN(C(=O)[C@@H]2CCC[C@@H]2C(=O)O)C1. The lowest BCUT2D eigenvalue weighted by Gasteiger charge is -2.37. The number of nitrogens with zero attached hydrogens (tertiary/aromatic N) is 2. The Hall–Kier alpha value is -1.10. The van der Waals surface area contributed by atoms with Gasteiger partial charge in [-0.05, 0) is 39.8 Å². The summed E-state index contributed by atoms with van der Waals surface area (Å²) in [5, 5.41) is 9.19. The van der Waals surface area contributed by atoms with E-state index in [1.165, 1.54) is 0 Å². The van der Waals surface area contributed by atoms with E-state index in [2.05, 4.69) is 4.90 Å². The summed E-state index contributed by atoms with van der Waals surface area (Å²) < 4.78 is 0. The summed E-state index contributed by atoms with van der Waals surface area (Å²) in [5.41, 5.74) is 0. The third-order valence-corrected chi connectivity index (χ3v) is 4.59. The number of carbonyl (C=O) groups excluding carboxylic acids is 1. The number of likely N-dealkylation sites (N-methyl/N-ethyl adjacent to an activating group) is 1. The van der Waals surface area contributed by atoms with Crippen molar-refractivity contribution >= 4 is 11.9 Å². The Balaban J connectivity index is 2.00. The Morgan fingerprint density at radius 1 is 1.11 bits per heavy atom. The molecule has 1 saturated carbocycles. The average molecular weight is 268 g/mol. The van der Waals surface area contributed by atoms with E-state index in [9.17, 15) is 14.7 Å². The van der Waals surface area contributed by atoms with Crippen molar-refractivity contribution in [1.29, 1.82) is 0 Å². The number of amides is 1. The van der Waals surface area contributed by atoms with Crippen LogP contribution in [0.4, 0.5) is 0 Å². The molecular weight excluding hydrogens is 244 g/mol. The van der Waals surface area contributed by atoms with Crippen LogP contribution in [0, 0.1) is 11.8 Å². The summed E-state index contributed by atoms with van der Waals surface area (Å²) in [5.74, 6) is -1.50. The molecule has 5 heteroatoms. The molecule has 1 aliphatic heterocycles. The van der Waals surface area contributed by atoms with Crippen LogP contribution in [0.15, 0.2) is 0 Å². The Bertz CT molecular complexity index is 357. The van der Waals surface area contributed by atoms with Gasteiger partial charge in [-0.25, -0.2) is 0 Å². The van der Waals surface area contributed by atoms with Crippen molar-refractivity contribution in [3.63, 3.8) is 0 Å². The van der Waals surface area contributed by atoms with Crippen LogP contribution < -0.4 is 0 Å². The van der Waals surface area contributed by atoms with Gasteiger partial charge in [-0.3, -0.25) is 9.59 Å². The van der Waals surface area contributed by atoms with Gasteiger partial charge in [0.15, 0.2) is 0 Å². The summed E-state index contributed by atoms with van der Waals surface area (Å²) in [6.07, 6.45) is 4.37. The molecule has 1 aliphatic carbocycles. The lowest BCUT2D eigenvalue weighted by atomic mass is 9.93. The molecule has 1 saturated heterocycles. The number of carboxylic acids is 1. The van der Waals surface area contributed by atoms with Gasteiger partial charge in [0.25, 0.3) is 0 Å². The number of hydrogen-bond donors (Lipinski definition) is 1. The number of hydrogen-bond acceptors (Lipinski definition) is 3. The monoisotopic (exact) mass is 268 g/mol. The van der Waals surface area contributed by atoms with Gasteiger partial charge in [-0.1, -0.05) is 6.42 Å². The summed E-state index contributed by atoms with van der Waals surface area (Å²) in [4.78, 5) is 27.8. The molecule has 0 radical (unpaired) electrons. The van der Waals surface area contributed by atoms with E-state index in [4.69, 9.17) is 0 Å². The lowest BCUT2D eigenvalue weighted by molar-refractivity contribution is -0.149. The fourth-order valence-corrected chi connectivity index (χ4v) is 3.36. The molecule has 3 atom stereocenters. The van der Waals surface area contributed by atoms with Gasteiger partial charge in [0.05, 0.1) is 11.8 Å². The van der Waals surface area contributed by atoms with Crippen LogP contribution in [0.25, 0.3) is 0 Å². The highest BCUT2D eigenvalue weighted by Gasteiger charge is 2.40. The predicted molar refractivity (Wildman–Crippen MR) is 71.8 cm³/mol. The second-order valence-corrected chi connectivity index (χ2v) is 6.03. The summed E-state index contributed by atoms with van der Waals surface area (Å²) >= 11 is 0. The Labute approximate surface area is 114 Å². The minimum atomic E-state index is -0.808. The van der Waals surface area contributed by atoms with Crippen LogP contribution in [0.1, 0.15) is 32.1 Å². The third kappa shape index (κ3) is 3.08. The fourth-order valence-electron chi connectivity index (χ4n) is 3.36. The highest BCUT2D eigenvalue weighted by atomic mass is 16.4. The number of carbonyl (C=O) groups is 2. The second-order valence-electron chi connectivity index (χ2n) is 6.03. The number of piperidine rings is 1. The Morgan fingerprint density at radius 3 is 2.42 bits per heavy atom. The van der Waals surface area contributed by atoms with Crippen LogP contribution in [0.3, 0.4) is 0 Å². The molecule has 2 rings (SSSR count). The van der Waals surface area contributed by atoms with Crippen LogP contribution >= 0.6 is 0 Å². The van der Waals surface area contributed by atoms with Gasteiger partial charge in [-0.15, -0.1) is 0 Å². The van der Waals surface area contributed by atoms with E-state index in [0.29, 0.717) is 12.5 Å². The number of carboxylic acid groups (broad SMARTS) is 1. The van der Waals surface area contributed by atoms with Crippen LogP contribution in [-0.4, -0.2) is 60.0 Å². The average Bonchev–Trinajstić information content (AvgIpc) is 2.87. The van der Waals surface area contributed by atoms with E-state index in [0.717, 1.165) is 38.8 Å². The molecule has 5 nitrogen and oxygen atoms in total. The van der Waals surface area contributed by atoms with Crippen molar-refractivity contribution in [2.45, 2.75) is 38.1 Å². The molecule has 0 aromatic carbocycles. The van der Waals surface area contributed by atoms with Gasteiger partial charge < -0.3 is 14.9 Å². The summed E-state index contributed by atoms with van der Waals surface area (Å²) in [6.45, 7) is 1.53. The van der Waals surface area contributed by atoms with E-state index < -0.39 is 11.9 Å². The first-order valence-electron chi connectivity index (χ1n) is 7.18. The first-order valence-corrected chi connectivity index (χ1v) is 7.18. The molecule has 0 aromatic rings. The van der Waals surface area contributed by atoms with Gasteiger partial charge in [0.1, 0.15) is 0 Å². The topological polar surface area (TPSA) is 60.9 Å². The minimum Gasteiger partial charge on any atom is -0.481 e. The minimum absolute atomic E-state index is 0.0662. The summed E-state index contributed by atoms with van der Waals surface area (Å²) in [7, 11) is 4.07. The maximum Gasteiger partial charge on any atom is 0.307 e. The van der Waals surface area contributed by atoms with Gasteiger partial charge in [0.2, 0.25) is 5.91 Å². The van der Waals surface area contributed by atoms with Crippen molar-refractivity contribution in [2.24, 2.45) is 11.8 Å². The van der Waals surface area contributed by atoms with Gasteiger partial charge in [-0.2, -0.15) is 0 Å². The molecule has 1 heterocycles. The van der Waals surface area contributed by atoms with Crippen molar-refractivity contribution < 1.29 is 14.7 Å². The van der Waals surface area contributed by atoms with E-state index >= 15 is 0 Å². The number of likely N-dealkylation sites (tertiary alicyclic amines) is 1. The van der Waals surface area contributed by atoms with E-state index in [1.54, 1.807) is 0 Å². The maximum absolute atomic E-state index is 12.5. The first-order chi connectivity index (χ1) is 9.00. The summed E-state index contributed by atoms with van der Waals surface area (Å²) in [6, 6.07) is 0.405. The van der Waals surface area contributed by atoms with Crippen LogP contribution in [-0.2, 0) is 9.59 Å². The van der Waals surface area contributed by atoms with Crippen molar-refractivity contribution in [3.8, 4) is 0 Å². The predicted octanol–water partition coefficient (Wildman–Crippen LogP) is 1.04. The molecule has 2 aliphatic rings. The highest BCUT2D eigenvalue weighted by molar-refractivity contribution is 5.85. The Morgan fingerprint density at radius 2 is 1.79 bits per heavy atom. The van der Waals surface area contributed by atoms with Gasteiger partial charge >= 0.3 is 5.97 Å². The molecule has 19 heavy (non-hydrogen) atoms. The van der Waals surface area contributed by atoms with Crippen molar-refractivity contribution in [1.82, 2.24) is 9.80 Å². The molecule has 1 unspecified atom stereocenters. The molecular formula is C14H24N2O3. The standard InChI is InChI=1S/C14H24N2O3/c1-15(2)10-5-4-8-16(9-10)13(17)11-6-3-7-12(11)14(18)19/h10-12H,3-9H2,1-2H3,(H,18,19)/t10?,11-,12+/m1/s1.